The molecule has 0 saturated heterocycles. The molecule has 0 spiro atoms. The molecule has 0 N–H and O–H groups in total. The highest BCUT2D eigenvalue weighted by molar-refractivity contribution is 7.26. The molecule has 270 valence electrons. The maximum Gasteiger partial charge on any atom is 0.160 e. The van der Waals surface area contributed by atoms with Crippen molar-refractivity contribution in [3.63, 3.8) is 0 Å². The predicted molar refractivity (Wildman–Crippen MR) is 244 cm³/mol. The van der Waals surface area contributed by atoms with E-state index in [9.17, 15) is 0 Å². The van der Waals surface area contributed by atoms with Crippen molar-refractivity contribution < 1.29 is 8.83 Å². The summed E-state index contributed by atoms with van der Waals surface area (Å²) in [7, 11) is 0. The summed E-state index contributed by atoms with van der Waals surface area (Å²) in [6, 6.07) is 60.1. The lowest BCUT2D eigenvalue weighted by Gasteiger charge is -2.09. The van der Waals surface area contributed by atoms with Gasteiger partial charge in [0.05, 0.1) is 15.9 Å². The van der Waals surface area contributed by atoms with Crippen LogP contribution in [0.5, 0.6) is 0 Å². The molecule has 0 fully saturated rings. The number of rotatable bonds is 4. The van der Waals surface area contributed by atoms with Crippen LogP contribution < -0.4 is 0 Å². The Morgan fingerprint density at radius 3 is 1.93 bits per heavy atom. The molecular formula is C52H28N2O2S2. The fraction of sp³-hybridized carbons (Fsp3) is 0. The lowest BCUT2D eigenvalue weighted by Crippen LogP contribution is -1.93. The first-order valence-electron chi connectivity index (χ1n) is 19.3. The van der Waals surface area contributed by atoms with Crippen LogP contribution in [-0.4, -0.2) is 9.97 Å². The zero-order valence-electron chi connectivity index (χ0n) is 30.7. The van der Waals surface area contributed by atoms with Gasteiger partial charge in [0.1, 0.15) is 22.3 Å². The maximum atomic E-state index is 6.58. The van der Waals surface area contributed by atoms with E-state index in [0.29, 0.717) is 5.82 Å². The molecule has 0 radical (unpaired) electrons. The van der Waals surface area contributed by atoms with Crippen LogP contribution in [0.1, 0.15) is 0 Å². The van der Waals surface area contributed by atoms with Crippen molar-refractivity contribution in [3.8, 4) is 44.9 Å². The number of nitrogens with zero attached hydrogens (tertiary/aromatic N) is 2. The van der Waals surface area contributed by atoms with Crippen molar-refractivity contribution in [2.75, 3.05) is 0 Å². The minimum Gasteiger partial charge on any atom is -0.456 e. The monoisotopic (exact) mass is 776 g/mol. The van der Waals surface area contributed by atoms with E-state index in [-0.39, 0.29) is 0 Å². The van der Waals surface area contributed by atoms with Gasteiger partial charge < -0.3 is 8.83 Å². The molecular weight excluding hydrogens is 749 g/mol. The lowest BCUT2D eigenvalue weighted by molar-refractivity contribution is 0.668. The fourth-order valence-electron chi connectivity index (χ4n) is 8.74. The molecule has 13 rings (SSSR count). The largest absolute Gasteiger partial charge is 0.456 e. The third-order valence-corrected chi connectivity index (χ3v) is 13.8. The molecule has 0 atom stereocenters. The number of thiophene rings is 2. The molecule has 5 heterocycles. The topological polar surface area (TPSA) is 52.1 Å². The van der Waals surface area contributed by atoms with Crippen LogP contribution in [0.3, 0.4) is 0 Å². The van der Waals surface area contributed by atoms with Crippen LogP contribution in [-0.2, 0) is 0 Å². The number of benzene rings is 8. The molecule has 5 aromatic heterocycles. The zero-order valence-corrected chi connectivity index (χ0v) is 32.3. The van der Waals surface area contributed by atoms with Crippen LogP contribution in [0.4, 0.5) is 0 Å². The molecule has 8 aromatic carbocycles. The van der Waals surface area contributed by atoms with E-state index in [4.69, 9.17) is 18.8 Å². The Bertz CT molecular complexity index is 3810. The van der Waals surface area contributed by atoms with Gasteiger partial charge >= 0.3 is 0 Å². The Kier molecular flexibility index (Phi) is 6.73. The number of para-hydroxylation sites is 1. The van der Waals surface area contributed by atoms with Gasteiger partial charge in [-0.2, -0.15) is 0 Å². The highest BCUT2D eigenvalue weighted by atomic mass is 32.1. The Balaban J connectivity index is 1.01. The molecule has 0 aliphatic rings. The standard InChI is InChI=1S/C52H28N2O2S2/c1-2-9-29(10-3-1)52-53-49-37-22-18-33(32-17-21-35-34-11-4-6-14-41(34)56-44(35)27-32)28-47(37)58-51(49)50(54-52)38-13-8-15-43-48(38)40-26-30(19-23-42(40)55-43)31-20-24-46-39(25-31)36-12-5-7-16-45(36)57-46/h1-28H. The summed E-state index contributed by atoms with van der Waals surface area (Å²) in [5.74, 6) is 0.698. The van der Waals surface area contributed by atoms with Gasteiger partial charge in [0, 0.05) is 62.9 Å². The van der Waals surface area contributed by atoms with E-state index in [1.807, 2.05) is 41.7 Å². The SMILES string of the molecule is c1ccc(-c2nc(-c3cccc4oc5ccc(-c6ccc7sc8ccccc8c7c6)cc5c34)c3sc4cc(-c5ccc6c(c5)oc5ccccc56)ccc4c3n2)cc1. The van der Waals surface area contributed by atoms with Crippen LogP contribution in [0, 0.1) is 0 Å². The highest BCUT2D eigenvalue weighted by Crippen LogP contribution is 2.45. The van der Waals surface area contributed by atoms with Crippen molar-refractivity contribution in [1.82, 2.24) is 9.97 Å². The summed E-state index contributed by atoms with van der Waals surface area (Å²) < 4.78 is 17.7. The molecule has 0 unspecified atom stereocenters. The number of hydrogen-bond donors (Lipinski definition) is 0. The highest BCUT2D eigenvalue weighted by Gasteiger charge is 2.22. The summed E-state index contributed by atoms with van der Waals surface area (Å²) in [5.41, 5.74) is 11.9. The number of hydrogen-bond acceptors (Lipinski definition) is 6. The van der Waals surface area contributed by atoms with Crippen molar-refractivity contribution in [2.24, 2.45) is 0 Å². The average molecular weight is 777 g/mol. The van der Waals surface area contributed by atoms with Gasteiger partial charge in [-0.05, 0) is 82.9 Å². The van der Waals surface area contributed by atoms with E-state index in [0.717, 1.165) is 97.7 Å². The molecule has 0 bridgehead atoms. The number of furan rings is 2. The Morgan fingerprint density at radius 2 is 1.02 bits per heavy atom. The van der Waals surface area contributed by atoms with E-state index in [1.54, 1.807) is 11.3 Å². The molecule has 6 heteroatoms. The van der Waals surface area contributed by atoms with Gasteiger partial charge in [0.2, 0.25) is 0 Å². The quantitative estimate of drug-likeness (QED) is 0.179. The molecule has 13 aromatic rings. The summed E-state index contributed by atoms with van der Waals surface area (Å²) in [6.07, 6.45) is 0. The predicted octanol–water partition coefficient (Wildman–Crippen LogP) is 15.7. The fourth-order valence-corrected chi connectivity index (χ4v) is 11.0. The first kappa shape index (κ1) is 32.0. The van der Waals surface area contributed by atoms with Gasteiger partial charge in [-0.3, -0.25) is 0 Å². The van der Waals surface area contributed by atoms with Crippen molar-refractivity contribution in [3.05, 3.63) is 170 Å². The molecule has 4 nitrogen and oxygen atoms in total. The van der Waals surface area contributed by atoms with Crippen molar-refractivity contribution >= 4 is 107 Å². The van der Waals surface area contributed by atoms with Crippen molar-refractivity contribution in [2.45, 2.75) is 0 Å². The van der Waals surface area contributed by atoms with Gasteiger partial charge in [-0.15, -0.1) is 22.7 Å². The molecule has 0 aliphatic heterocycles. The summed E-state index contributed by atoms with van der Waals surface area (Å²) in [6.45, 7) is 0. The van der Waals surface area contributed by atoms with E-state index in [1.165, 1.54) is 25.7 Å². The smallest absolute Gasteiger partial charge is 0.160 e. The molecule has 0 saturated carbocycles. The van der Waals surface area contributed by atoms with E-state index in [2.05, 4.69) is 140 Å². The second-order valence-electron chi connectivity index (χ2n) is 14.9. The van der Waals surface area contributed by atoms with Crippen LogP contribution in [0.2, 0.25) is 0 Å². The number of aromatic nitrogens is 2. The minimum absolute atomic E-state index is 0.698. The van der Waals surface area contributed by atoms with Crippen LogP contribution >= 0.6 is 22.7 Å². The van der Waals surface area contributed by atoms with E-state index >= 15 is 0 Å². The van der Waals surface area contributed by atoms with Crippen LogP contribution in [0.25, 0.3) is 129 Å². The van der Waals surface area contributed by atoms with Crippen molar-refractivity contribution in [1.29, 1.82) is 0 Å². The average Bonchev–Trinajstić information content (AvgIpc) is 4.05. The van der Waals surface area contributed by atoms with Gasteiger partial charge in [-0.1, -0.05) is 109 Å². The third-order valence-electron chi connectivity index (χ3n) is 11.5. The Hall–Kier alpha value is -7.12. The maximum absolute atomic E-state index is 6.58. The Morgan fingerprint density at radius 1 is 0.362 bits per heavy atom. The minimum atomic E-state index is 0.698. The summed E-state index contributed by atoms with van der Waals surface area (Å²) >= 11 is 3.59. The van der Waals surface area contributed by atoms with Crippen LogP contribution in [0.15, 0.2) is 179 Å². The Labute approximate surface area is 338 Å². The third kappa shape index (κ3) is 4.79. The van der Waals surface area contributed by atoms with Gasteiger partial charge in [0.25, 0.3) is 0 Å². The molecule has 58 heavy (non-hydrogen) atoms. The van der Waals surface area contributed by atoms with Gasteiger partial charge in [0.15, 0.2) is 5.82 Å². The summed E-state index contributed by atoms with van der Waals surface area (Å²) in [4.78, 5) is 10.7. The second kappa shape index (κ2) is 12.2. The van der Waals surface area contributed by atoms with E-state index < -0.39 is 0 Å². The molecule has 0 amide bonds. The zero-order chi connectivity index (χ0) is 37.9. The summed E-state index contributed by atoms with van der Waals surface area (Å²) in [5, 5.41) is 8.07. The first-order valence-corrected chi connectivity index (χ1v) is 20.9. The lowest BCUT2D eigenvalue weighted by atomic mass is 9.98. The number of fused-ring (bicyclic) bond motifs is 12. The molecule has 0 aliphatic carbocycles. The second-order valence-corrected chi connectivity index (χ2v) is 17.0. The normalized spacial score (nSPS) is 12.1. The van der Waals surface area contributed by atoms with Gasteiger partial charge in [-0.25, -0.2) is 9.97 Å². The first-order chi connectivity index (χ1) is 28.7.